The van der Waals surface area contributed by atoms with Gasteiger partial charge >= 0.3 is 0 Å². The number of aliphatic hydroxyl groups excluding tert-OH is 1. The molecule has 0 aliphatic rings. The maximum atomic E-state index is 12.3. The van der Waals surface area contributed by atoms with Gasteiger partial charge in [0.25, 0.3) is 5.91 Å². The minimum Gasteiger partial charge on any atom is -0.384 e. The second-order valence-electron chi connectivity index (χ2n) is 4.70. The van der Waals surface area contributed by atoms with Gasteiger partial charge in [0.15, 0.2) is 0 Å². The molecule has 0 bridgehead atoms. The minimum absolute atomic E-state index is 0.0427. The van der Waals surface area contributed by atoms with Crippen LogP contribution in [0.2, 0.25) is 0 Å². The van der Waals surface area contributed by atoms with Crippen LogP contribution in [0.15, 0.2) is 11.4 Å². The Kier molecular flexibility index (Phi) is 6.92. The number of hydrogen-bond donors (Lipinski definition) is 2. The van der Waals surface area contributed by atoms with Crippen molar-refractivity contribution >= 4 is 23.2 Å². The molecule has 1 heterocycles. The van der Waals surface area contributed by atoms with Crippen molar-refractivity contribution in [1.29, 1.82) is 0 Å². The lowest BCUT2D eigenvalue weighted by atomic mass is 10.2. The van der Waals surface area contributed by atoms with E-state index < -0.39 is 0 Å². The number of aliphatic hydroxyl groups is 1. The summed E-state index contributed by atoms with van der Waals surface area (Å²) in [5.74, 6) is 4.94. The maximum absolute atomic E-state index is 12.3. The Bertz CT molecular complexity index is 555. The predicted octanol–water partition coefficient (Wildman–Crippen LogP) is 1.08. The molecule has 0 atom stereocenters. The van der Waals surface area contributed by atoms with Crippen molar-refractivity contribution in [2.24, 2.45) is 0 Å². The lowest BCUT2D eigenvalue weighted by Gasteiger charge is -2.20. The molecule has 2 amide bonds. The number of carbonyl (C=O) groups excluding carboxylic acids is 2. The highest BCUT2D eigenvalue weighted by Gasteiger charge is 2.18. The zero-order valence-electron chi connectivity index (χ0n) is 12.5. The Balaban J connectivity index is 2.74. The van der Waals surface area contributed by atoms with Crippen molar-refractivity contribution in [2.75, 3.05) is 19.7 Å². The summed E-state index contributed by atoms with van der Waals surface area (Å²) in [7, 11) is 0. The fourth-order valence-corrected chi connectivity index (χ4v) is 2.44. The van der Waals surface area contributed by atoms with Gasteiger partial charge in [-0.05, 0) is 26.8 Å². The second kappa shape index (κ2) is 8.45. The Morgan fingerprint density at radius 1 is 1.48 bits per heavy atom. The van der Waals surface area contributed by atoms with Crippen LogP contribution in [0.1, 0.15) is 36.0 Å². The predicted molar refractivity (Wildman–Crippen MR) is 83.1 cm³/mol. The smallest absolute Gasteiger partial charge is 0.255 e. The summed E-state index contributed by atoms with van der Waals surface area (Å²) in [6.45, 7) is 5.87. The van der Waals surface area contributed by atoms with Crippen LogP contribution in [0.4, 0.5) is 0 Å². The quantitative estimate of drug-likeness (QED) is 0.800. The normalized spacial score (nSPS) is 9.95. The number of nitrogens with one attached hydrogen (secondary N) is 1. The molecule has 0 aromatic carbocycles. The maximum Gasteiger partial charge on any atom is 0.255 e. The summed E-state index contributed by atoms with van der Waals surface area (Å²) >= 11 is 1.34. The summed E-state index contributed by atoms with van der Waals surface area (Å²) in [6, 6.07) is 1.73. The first-order chi connectivity index (χ1) is 9.97. The van der Waals surface area contributed by atoms with E-state index in [0.29, 0.717) is 12.1 Å². The molecule has 0 aliphatic carbocycles. The van der Waals surface area contributed by atoms with Crippen LogP contribution in [0.5, 0.6) is 0 Å². The van der Waals surface area contributed by atoms with Crippen molar-refractivity contribution in [1.82, 2.24) is 10.2 Å². The van der Waals surface area contributed by atoms with E-state index in [4.69, 9.17) is 5.11 Å². The largest absolute Gasteiger partial charge is 0.384 e. The fourth-order valence-electron chi connectivity index (χ4n) is 1.69. The van der Waals surface area contributed by atoms with E-state index in [1.807, 2.05) is 20.8 Å². The molecule has 5 nitrogen and oxygen atoms in total. The Morgan fingerprint density at radius 2 is 2.19 bits per heavy atom. The molecule has 6 heteroatoms. The van der Waals surface area contributed by atoms with Crippen LogP contribution in [0, 0.1) is 11.8 Å². The lowest BCUT2D eigenvalue weighted by Crippen LogP contribution is -2.42. The molecule has 0 unspecified atom stereocenters. The molecule has 1 rings (SSSR count). The van der Waals surface area contributed by atoms with Gasteiger partial charge in [0.05, 0.1) is 17.0 Å². The summed E-state index contributed by atoms with van der Waals surface area (Å²) in [4.78, 5) is 26.3. The number of carbonyl (C=O) groups is 2. The van der Waals surface area contributed by atoms with Crippen molar-refractivity contribution in [3.8, 4) is 11.8 Å². The average molecular weight is 308 g/mol. The van der Waals surface area contributed by atoms with Crippen molar-refractivity contribution in [2.45, 2.75) is 26.8 Å². The molecule has 0 fully saturated rings. The van der Waals surface area contributed by atoms with Crippen molar-refractivity contribution < 1.29 is 14.7 Å². The van der Waals surface area contributed by atoms with E-state index in [1.54, 1.807) is 11.4 Å². The third-order valence-corrected chi connectivity index (χ3v) is 3.44. The van der Waals surface area contributed by atoms with Crippen LogP contribution in [-0.4, -0.2) is 47.6 Å². The van der Waals surface area contributed by atoms with Gasteiger partial charge in [-0.25, -0.2) is 0 Å². The van der Waals surface area contributed by atoms with Gasteiger partial charge in [0, 0.05) is 18.0 Å². The van der Waals surface area contributed by atoms with Crippen LogP contribution in [0.3, 0.4) is 0 Å². The molecule has 0 spiro atoms. The SMILES string of the molecule is CCN(CC(=O)NC(C)C)C(=O)c1csc(C#CCO)c1. The second-order valence-corrected chi connectivity index (χ2v) is 5.61. The molecule has 1 aromatic heterocycles. The highest BCUT2D eigenvalue weighted by molar-refractivity contribution is 7.10. The van der Waals surface area contributed by atoms with Crippen molar-refractivity contribution in [3.63, 3.8) is 0 Å². The number of hydrogen-bond acceptors (Lipinski definition) is 4. The van der Waals surface area contributed by atoms with Crippen LogP contribution in [-0.2, 0) is 4.79 Å². The first kappa shape index (κ1) is 17.2. The summed E-state index contributed by atoms with van der Waals surface area (Å²) in [5, 5.41) is 13.1. The zero-order valence-corrected chi connectivity index (χ0v) is 13.3. The van der Waals surface area contributed by atoms with Gasteiger partial charge in [0.2, 0.25) is 5.91 Å². The van der Waals surface area contributed by atoms with E-state index >= 15 is 0 Å². The number of likely N-dealkylation sites (N-methyl/N-ethyl adjacent to an activating group) is 1. The van der Waals surface area contributed by atoms with E-state index in [0.717, 1.165) is 4.88 Å². The molecule has 2 N–H and O–H groups in total. The molecule has 0 saturated heterocycles. The highest BCUT2D eigenvalue weighted by atomic mass is 32.1. The van der Waals surface area contributed by atoms with Gasteiger partial charge < -0.3 is 15.3 Å². The molecular weight excluding hydrogens is 288 g/mol. The summed E-state index contributed by atoms with van der Waals surface area (Å²) in [5.41, 5.74) is 0.515. The van der Waals surface area contributed by atoms with E-state index in [9.17, 15) is 9.59 Å². The first-order valence-corrected chi connectivity index (χ1v) is 7.62. The van der Waals surface area contributed by atoms with E-state index in [2.05, 4.69) is 17.2 Å². The molecular formula is C15H20N2O3S. The van der Waals surface area contributed by atoms with E-state index in [-0.39, 0.29) is 31.0 Å². The number of thiophene rings is 1. The third-order valence-electron chi connectivity index (χ3n) is 2.59. The highest BCUT2D eigenvalue weighted by Crippen LogP contribution is 2.15. The Hall–Kier alpha value is -1.84. The molecule has 0 aliphatic heterocycles. The van der Waals surface area contributed by atoms with Gasteiger partial charge in [-0.2, -0.15) is 0 Å². The van der Waals surface area contributed by atoms with Gasteiger partial charge in [-0.15, -0.1) is 11.3 Å². The number of rotatable bonds is 5. The molecule has 21 heavy (non-hydrogen) atoms. The first-order valence-electron chi connectivity index (χ1n) is 6.74. The molecule has 0 saturated carbocycles. The average Bonchev–Trinajstić information content (AvgIpc) is 2.89. The van der Waals surface area contributed by atoms with Gasteiger partial charge in [-0.1, -0.05) is 11.8 Å². The molecule has 1 aromatic rings. The Morgan fingerprint density at radius 3 is 2.76 bits per heavy atom. The topological polar surface area (TPSA) is 69.6 Å². The molecule has 114 valence electrons. The monoisotopic (exact) mass is 308 g/mol. The fraction of sp³-hybridized carbons (Fsp3) is 0.467. The summed E-state index contributed by atoms with van der Waals surface area (Å²) in [6.07, 6.45) is 0. The van der Waals surface area contributed by atoms with E-state index in [1.165, 1.54) is 16.2 Å². The van der Waals surface area contributed by atoms with Crippen LogP contribution in [0.25, 0.3) is 0 Å². The minimum atomic E-state index is -0.211. The number of nitrogens with zero attached hydrogens (tertiary/aromatic N) is 1. The standard InChI is InChI=1S/C15H20N2O3S/c1-4-17(9-14(19)16-11(2)3)15(20)12-8-13(21-10-12)6-5-7-18/h8,10-11,18H,4,7,9H2,1-3H3,(H,16,19). The third kappa shape index (κ3) is 5.58. The summed E-state index contributed by atoms with van der Waals surface area (Å²) < 4.78 is 0. The van der Waals surface area contributed by atoms with Crippen LogP contribution < -0.4 is 5.32 Å². The van der Waals surface area contributed by atoms with Crippen molar-refractivity contribution in [3.05, 3.63) is 21.9 Å². The van der Waals surface area contributed by atoms with Gasteiger partial charge in [0.1, 0.15) is 6.61 Å². The molecule has 0 radical (unpaired) electrons. The Labute approximate surface area is 129 Å². The van der Waals surface area contributed by atoms with Crippen LogP contribution >= 0.6 is 11.3 Å². The number of amides is 2. The van der Waals surface area contributed by atoms with Gasteiger partial charge in [-0.3, -0.25) is 9.59 Å². The zero-order chi connectivity index (χ0) is 15.8. The lowest BCUT2D eigenvalue weighted by molar-refractivity contribution is -0.122.